The van der Waals surface area contributed by atoms with Gasteiger partial charge in [-0.3, -0.25) is 0 Å². The summed E-state index contributed by atoms with van der Waals surface area (Å²) in [6, 6.07) is 23.5. The van der Waals surface area contributed by atoms with Crippen LogP contribution in [0.3, 0.4) is 0 Å². The summed E-state index contributed by atoms with van der Waals surface area (Å²) < 4.78 is 7.79. The van der Waals surface area contributed by atoms with E-state index in [1.807, 2.05) is 17.8 Å². The Morgan fingerprint density at radius 1 is 1.00 bits per heavy atom. The minimum absolute atomic E-state index is 0.119. The molecule has 27 heavy (non-hydrogen) atoms. The van der Waals surface area contributed by atoms with Crippen molar-refractivity contribution in [3.8, 4) is 5.75 Å². The van der Waals surface area contributed by atoms with E-state index in [2.05, 4.69) is 95.6 Å². The zero-order valence-corrected chi connectivity index (χ0v) is 17.9. The third-order valence-electron chi connectivity index (χ3n) is 4.68. The number of para-hydroxylation sites is 1. The van der Waals surface area contributed by atoms with Gasteiger partial charge in [-0.1, -0.05) is 58.4 Å². The third kappa shape index (κ3) is 4.08. The van der Waals surface area contributed by atoms with Crippen LogP contribution in [0.5, 0.6) is 5.75 Å². The second-order valence-corrected chi connectivity index (χ2v) is 8.95. The number of fused-ring (bicyclic) bond motifs is 2. The van der Waals surface area contributed by atoms with E-state index in [0.717, 1.165) is 22.5 Å². The Labute approximate surface area is 173 Å². The van der Waals surface area contributed by atoms with E-state index < -0.39 is 0 Å². The van der Waals surface area contributed by atoms with Crippen LogP contribution in [-0.4, -0.2) is 19.0 Å². The number of benzene rings is 3. The first kappa shape index (κ1) is 18.6. The van der Waals surface area contributed by atoms with Crippen molar-refractivity contribution in [2.24, 2.45) is 0 Å². The van der Waals surface area contributed by atoms with Gasteiger partial charge >= 0.3 is 0 Å². The maximum Gasteiger partial charge on any atom is 0.150 e. The smallest absolute Gasteiger partial charge is 0.150 e. The minimum Gasteiger partial charge on any atom is -0.481 e. The minimum atomic E-state index is -0.119. The summed E-state index contributed by atoms with van der Waals surface area (Å²) in [5.74, 6) is 1.91. The topological polar surface area (TPSA) is 12.5 Å². The van der Waals surface area contributed by atoms with Gasteiger partial charge in [0.2, 0.25) is 0 Å². The lowest BCUT2D eigenvalue weighted by atomic mass is 9.97. The van der Waals surface area contributed by atoms with Gasteiger partial charge in [0.25, 0.3) is 0 Å². The first-order valence-electron chi connectivity index (χ1n) is 9.01. The molecule has 4 heteroatoms. The number of ether oxygens (including phenoxy) is 1. The van der Waals surface area contributed by atoms with Crippen LogP contribution in [0.1, 0.15) is 28.4 Å². The third-order valence-corrected chi connectivity index (χ3v) is 6.31. The fraction of sp³-hybridized carbons (Fsp3) is 0.217. The van der Waals surface area contributed by atoms with E-state index in [-0.39, 0.29) is 6.10 Å². The summed E-state index contributed by atoms with van der Waals surface area (Å²) in [4.78, 5) is 3.45. The van der Waals surface area contributed by atoms with E-state index in [0.29, 0.717) is 0 Å². The van der Waals surface area contributed by atoms with Crippen molar-refractivity contribution < 1.29 is 4.74 Å². The molecule has 1 aliphatic heterocycles. The van der Waals surface area contributed by atoms with Crippen molar-refractivity contribution in [2.75, 3.05) is 14.1 Å². The molecular formula is C23H22BrNOS. The van der Waals surface area contributed by atoms with Gasteiger partial charge in [0.1, 0.15) is 5.75 Å². The number of thioether (sulfide) groups is 1. The lowest BCUT2D eigenvalue weighted by Crippen LogP contribution is -2.15. The van der Waals surface area contributed by atoms with Crippen molar-refractivity contribution in [1.82, 2.24) is 4.90 Å². The monoisotopic (exact) mass is 439 g/mol. The Hall–Kier alpha value is -1.75. The van der Waals surface area contributed by atoms with Gasteiger partial charge in [-0.15, -0.1) is 11.8 Å². The molecule has 0 aliphatic carbocycles. The summed E-state index contributed by atoms with van der Waals surface area (Å²) in [6.45, 7) is 0.852. The highest BCUT2D eigenvalue weighted by Crippen LogP contribution is 2.43. The fourth-order valence-electron chi connectivity index (χ4n) is 3.44. The molecule has 1 unspecified atom stereocenters. The van der Waals surface area contributed by atoms with Crippen LogP contribution in [0.2, 0.25) is 0 Å². The van der Waals surface area contributed by atoms with Crippen LogP contribution in [0.15, 0.2) is 76.1 Å². The molecule has 0 spiro atoms. The number of halogens is 1. The molecule has 0 N–H and O–H groups in total. The van der Waals surface area contributed by atoms with Gasteiger partial charge in [0.15, 0.2) is 6.10 Å². The molecular weight excluding hydrogens is 418 g/mol. The largest absolute Gasteiger partial charge is 0.481 e. The Morgan fingerprint density at radius 2 is 1.78 bits per heavy atom. The second-order valence-electron chi connectivity index (χ2n) is 7.01. The normalized spacial score (nSPS) is 15.8. The molecule has 2 nitrogen and oxygen atoms in total. The van der Waals surface area contributed by atoms with Crippen LogP contribution in [-0.2, 0) is 12.3 Å². The van der Waals surface area contributed by atoms with Gasteiger partial charge in [0, 0.05) is 38.4 Å². The highest BCUT2D eigenvalue weighted by Gasteiger charge is 2.26. The highest BCUT2D eigenvalue weighted by atomic mass is 79.9. The van der Waals surface area contributed by atoms with Crippen LogP contribution < -0.4 is 4.74 Å². The molecule has 0 amide bonds. The zero-order valence-electron chi connectivity index (χ0n) is 15.5. The number of rotatable bonds is 4. The maximum atomic E-state index is 6.71. The Morgan fingerprint density at radius 3 is 2.63 bits per heavy atom. The molecule has 3 aromatic carbocycles. The molecule has 4 rings (SSSR count). The van der Waals surface area contributed by atoms with Gasteiger partial charge in [-0.05, 0) is 43.9 Å². The average molecular weight is 440 g/mol. The Balaban J connectivity index is 1.82. The van der Waals surface area contributed by atoms with Crippen LogP contribution in [0, 0.1) is 0 Å². The molecule has 1 aliphatic rings. The summed E-state index contributed by atoms with van der Waals surface area (Å²) >= 11 is 5.53. The van der Waals surface area contributed by atoms with E-state index in [4.69, 9.17) is 4.74 Å². The Kier molecular flexibility index (Phi) is 5.58. The summed E-state index contributed by atoms with van der Waals surface area (Å²) in [5, 5.41) is 0. The molecule has 0 aromatic heterocycles. The summed E-state index contributed by atoms with van der Waals surface area (Å²) in [5.41, 5.74) is 5.01. The predicted octanol–water partition coefficient (Wildman–Crippen LogP) is 6.28. The zero-order chi connectivity index (χ0) is 18.8. The molecule has 138 valence electrons. The SMILES string of the molecule is CN(C)Cc1ccccc1OC1c2ccccc2CSc2ccc(Br)cc21. The molecule has 0 radical (unpaired) electrons. The number of hydrogen-bond donors (Lipinski definition) is 0. The van der Waals surface area contributed by atoms with Gasteiger partial charge in [-0.25, -0.2) is 0 Å². The average Bonchev–Trinajstić information content (AvgIpc) is 2.80. The van der Waals surface area contributed by atoms with Crippen molar-refractivity contribution >= 4 is 27.7 Å². The highest BCUT2D eigenvalue weighted by molar-refractivity contribution is 9.10. The van der Waals surface area contributed by atoms with Crippen LogP contribution >= 0.6 is 27.7 Å². The quantitative estimate of drug-likeness (QED) is 0.474. The van der Waals surface area contributed by atoms with Crippen molar-refractivity contribution in [2.45, 2.75) is 23.3 Å². The standard InChI is InChI=1S/C23H22BrNOS/c1-25(2)14-16-7-4-6-10-21(16)26-23-19-9-5-3-8-17(19)15-27-22-12-11-18(24)13-20(22)23/h3-13,23H,14-15H2,1-2H3. The molecule has 0 bridgehead atoms. The van der Waals surface area contributed by atoms with Crippen LogP contribution in [0.4, 0.5) is 0 Å². The molecule has 3 aromatic rings. The van der Waals surface area contributed by atoms with Gasteiger partial charge < -0.3 is 9.64 Å². The summed E-state index contributed by atoms with van der Waals surface area (Å²) in [6.07, 6.45) is -0.119. The predicted molar refractivity (Wildman–Crippen MR) is 116 cm³/mol. The molecule has 0 saturated carbocycles. The van der Waals surface area contributed by atoms with E-state index >= 15 is 0 Å². The molecule has 1 atom stereocenters. The van der Waals surface area contributed by atoms with Gasteiger partial charge in [-0.2, -0.15) is 0 Å². The lowest BCUT2D eigenvalue weighted by molar-refractivity contribution is 0.238. The second kappa shape index (κ2) is 8.09. The molecule has 1 heterocycles. The molecule has 0 saturated heterocycles. The maximum absolute atomic E-state index is 6.71. The Bertz CT molecular complexity index is 957. The first-order chi connectivity index (χ1) is 13.1. The van der Waals surface area contributed by atoms with Crippen molar-refractivity contribution in [1.29, 1.82) is 0 Å². The van der Waals surface area contributed by atoms with Crippen molar-refractivity contribution in [3.63, 3.8) is 0 Å². The van der Waals surface area contributed by atoms with Crippen LogP contribution in [0.25, 0.3) is 0 Å². The van der Waals surface area contributed by atoms with E-state index in [9.17, 15) is 0 Å². The number of hydrogen-bond acceptors (Lipinski definition) is 3. The van der Waals surface area contributed by atoms with Gasteiger partial charge in [0.05, 0.1) is 0 Å². The first-order valence-corrected chi connectivity index (χ1v) is 10.8. The van der Waals surface area contributed by atoms with E-state index in [1.54, 1.807) is 0 Å². The van der Waals surface area contributed by atoms with E-state index in [1.165, 1.54) is 27.1 Å². The number of nitrogens with zero attached hydrogens (tertiary/aromatic N) is 1. The fourth-order valence-corrected chi connectivity index (χ4v) is 4.89. The summed E-state index contributed by atoms with van der Waals surface area (Å²) in [7, 11) is 4.17. The van der Waals surface area contributed by atoms with Crippen molar-refractivity contribution in [3.05, 3.63) is 93.5 Å². The molecule has 0 fully saturated rings. The lowest BCUT2D eigenvalue weighted by Gasteiger charge is -2.24.